The van der Waals surface area contributed by atoms with Crippen molar-refractivity contribution in [1.82, 2.24) is 4.90 Å². The molecule has 1 aromatic rings. The van der Waals surface area contributed by atoms with Gasteiger partial charge in [0.25, 0.3) is 0 Å². The number of aliphatic carboxylic acids is 1. The molecule has 0 heterocycles. The molecule has 0 saturated carbocycles. The molecule has 0 spiro atoms. The Balaban J connectivity index is 2.80. The van der Waals surface area contributed by atoms with Crippen molar-refractivity contribution in [2.45, 2.75) is 0 Å². The Morgan fingerprint density at radius 1 is 1.25 bits per heavy atom. The number of ether oxygens (including phenoxy) is 2. The van der Waals surface area contributed by atoms with Gasteiger partial charge in [-0.1, -0.05) is 6.07 Å². The summed E-state index contributed by atoms with van der Waals surface area (Å²) in [6, 6.07) is 5.21. The second kappa shape index (κ2) is 7.18. The van der Waals surface area contributed by atoms with Gasteiger partial charge in [0.2, 0.25) is 5.91 Å². The number of likely N-dealkylation sites (N-methyl/N-ethyl adjacent to an activating group) is 1. The van der Waals surface area contributed by atoms with Gasteiger partial charge in [0.15, 0.2) is 11.5 Å². The third kappa shape index (κ3) is 4.31. The van der Waals surface area contributed by atoms with E-state index >= 15 is 0 Å². The van der Waals surface area contributed by atoms with Crippen LogP contribution in [0, 0.1) is 0 Å². The van der Waals surface area contributed by atoms with Crippen LogP contribution in [-0.4, -0.2) is 49.7 Å². The zero-order valence-electron chi connectivity index (χ0n) is 11.6. The van der Waals surface area contributed by atoms with E-state index in [2.05, 4.69) is 0 Å². The van der Waals surface area contributed by atoms with Crippen molar-refractivity contribution >= 4 is 18.0 Å². The van der Waals surface area contributed by atoms with Crippen molar-refractivity contribution in [2.75, 3.05) is 27.8 Å². The molecule has 0 aliphatic carbocycles. The number of hydrogen-bond donors (Lipinski definition) is 1. The van der Waals surface area contributed by atoms with Crippen molar-refractivity contribution < 1.29 is 24.2 Å². The number of carboxylic acid groups (broad SMARTS) is 1. The van der Waals surface area contributed by atoms with E-state index in [4.69, 9.17) is 14.6 Å². The lowest BCUT2D eigenvalue weighted by Crippen LogP contribution is -2.30. The molecule has 6 nitrogen and oxygen atoms in total. The first kappa shape index (κ1) is 15.6. The van der Waals surface area contributed by atoms with Gasteiger partial charge >= 0.3 is 5.97 Å². The number of carbonyl (C=O) groups is 2. The Morgan fingerprint density at radius 2 is 1.90 bits per heavy atom. The molecular formula is C14H17NO5. The second-order valence-corrected chi connectivity index (χ2v) is 4.04. The molecule has 1 N–H and O–H groups in total. The van der Waals surface area contributed by atoms with Crippen LogP contribution in [0.5, 0.6) is 11.5 Å². The molecule has 6 heteroatoms. The third-order valence-electron chi connectivity index (χ3n) is 2.57. The van der Waals surface area contributed by atoms with Crippen molar-refractivity contribution in [3.05, 3.63) is 29.8 Å². The third-order valence-corrected chi connectivity index (χ3v) is 2.57. The highest BCUT2D eigenvalue weighted by molar-refractivity contribution is 5.93. The highest BCUT2D eigenvalue weighted by Gasteiger charge is 2.09. The Kier molecular flexibility index (Phi) is 5.58. The number of amides is 1. The average molecular weight is 279 g/mol. The van der Waals surface area contributed by atoms with Crippen LogP contribution >= 0.6 is 0 Å². The van der Waals surface area contributed by atoms with Crippen LogP contribution in [0.15, 0.2) is 24.3 Å². The Hall–Kier alpha value is -2.50. The van der Waals surface area contributed by atoms with Gasteiger partial charge < -0.3 is 19.5 Å². The molecule has 0 aliphatic heterocycles. The number of nitrogens with zero attached hydrogens (tertiary/aromatic N) is 1. The lowest BCUT2D eigenvalue weighted by Gasteiger charge is -2.11. The molecule has 0 fully saturated rings. The van der Waals surface area contributed by atoms with Gasteiger partial charge in [-0.3, -0.25) is 9.59 Å². The van der Waals surface area contributed by atoms with Crippen LogP contribution in [-0.2, 0) is 9.59 Å². The summed E-state index contributed by atoms with van der Waals surface area (Å²) >= 11 is 0. The van der Waals surface area contributed by atoms with Crippen LogP contribution in [0.3, 0.4) is 0 Å². The number of rotatable bonds is 6. The molecule has 0 unspecified atom stereocenters. The molecular weight excluding hydrogens is 262 g/mol. The van der Waals surface area contributed by atoms with E-state index in [1.54, 1.807) is 24.3 Å². The summed E-state index contributed by atoms with van der Waals surface area (Å²) in [5.41, 5.74) is 0.750. The average Bonchev–Trinajstić information content (AvgIpc) is 2.43. The van der Waals surface area contributed by atoms with Gasteiger partial charge in [0.05, 0.1) is 14.2 Å². The van der Waals surface area contributed by atoms with Gasteiger partial charge in [-0.15, -0.1) is 0 Å². The predicted molar refractivity (Wildman–Crippen MR) is 73.9 cm³/mol. The molecule has 0 aliphatic rings. The standard InChI is InChI=1S/C14H17NO5/c1-15(9-14(17)18)13(16)7-5-10-4-6-11(19-2)12(8-10)20-3/h4-8H,9H2,1-3H3,(H,17,18)/b7-5+. The summed E-state index contributed by atoms with van der Waals surface area (Å²) < 4.78 is 10.3. The van der Waals surface area contributed by atoms with E-state index in [1.165, 1.54) is 27.3 Å². The first-order valence-electron chi connectivity index (χ1n) is 5.85. The van der Waals surface area contributed by atoms with Crippen LogP contribution in [0.2, 0.25) is 0 Å². The van der Waals surface area contributed by atoms with E-state index in [-0.39, 0.29) is 12.5 Å². The summed E-state index contributed by atoms with van der Waals surface area (Å²) in [5.74, 6) is -0.289. The predicted octanol–water partition coefficient (Wildman–Crippen LogP) is 1.26. The van der Waals surface area contributed by atoms with Crippen molar-refractivity contribution in [3.8, 4) is 11.5 Å². The van der Waals surface area contributed by atoms with Crippen LogP contribution in [0.25, 0.3) is 6.08 Å². The highest BCUT2D eigenvalue weighted by Crippen LogP contribution is 2.27. The lowest BCUT2D eigenvalue weighted by atomic mass is 10.2. The Bertz CT molecular complexity index is 524. The zero-order chi connectivity index (χ0) is 15.1. The van der Waals surface area contributed by atoms with Crippen molar-refractivity contribution in [1.29, 1.82) is 0 Å². The minimum Gasteiger partial charge on any atom is -0.493 e. The molecule has 1 rings (SSSR count). The normalized spacial score (nSPS) is 10.3. The molecule has 1 amide bonds. The Labute approximate surface area is 117 Å². The first-order valence-corrected chi connectivity index (χ1v) is 5.85. The molecule has 0 atom stereocenters. The van der Waals surface area contributed by atoms with Crippen LogP contribution in [0.4, 0.5) is 0 Å². The highest BCUT2D eigenvalue weighted by atomic mass is 16.5. The van der Waals surface area contributed by atoms with Gasteiger partial charge in [0.1, 0.15) is 6.54 Å². The minimum absolute atomic E-state index is 0.338. The number of benzene rings is 1. The fourth-order valence-corrected chi connectivity index (χ4v) is 1.53. The van der Waals surface area contributed by atoms with E-state index in [9.17, 15) is 9.59 Å². The molecule has 108 valence electrons. The van der Waals surface area contributed by atoms with Crippen molar-refractivity contribution in [2.24, 2.45) is 0 Å². The lowest BCUT2D eigenvalue weighted by molar-refractivity contribution is -0.141. The number of carboxylic acids is 1. The summed E-state index contributed by atoms with van der Waals surface area (Å²) in [7, 11) is 4.49. The van der Waals surface area contributed by atoms with E-state index in [0.29, 0.717) is 11.5 Å². The maximum atomic E-state index is 11.6. The fourth-order valence-electron chi connectivity index (χ4n) is 1.53. The van der Waals surface area contributed by atoms with Crippen molar-refractivity contribution in [3.63, 3.8) is 0 Å². The zero-order valence-corrected chi connectivity index (χ0v) is 11.6. The molecule has 20 heavy (non-hydrogen) atoms. The molecule has 0 bridgehead atoms. The maximum absolute atomic E-state index is 11.6. The molecule has 0 saturated heterocycles. The molecule has 1 aromatic carbocycles. The van der Waals surface area contributed by atoms with Gasteiger partial charge in [-0.25, -0.2) is 0 Å². The van der Waals surface area contributed by atoms with E-state index in [1.807, 2.05) is 0 Å². The van der Waals surface area contributed by atoms with E-state index in [0.717, 1.165) is 10.5 Å². The summed E-state index contributed by atoms with van der Waals surface area (Å²) in [6.07, 6.45) is 2.90. The summed E-state index contributed by atoms with van der Waals surface area (Å²) in [6.45, 7) is -0.338. The number of carbonyl (C=O) groups excluding carboxylic acids is 1. The smallest absolute Gasteiger partial charge is 0.323 e. The summed E-state index contributed by atoms with van der Waals surface area (Å²) in [5, 5.41) is 8.60. The van der Waals surface area contributed by atoms with E-state index < -0.39 is 5.97 Å². The monoisotopic (exact) mass is 279 g/mol. The topological polar surface area (TPSA) is 76.1 Å². The maximum Gasteiger partial charge on any atom is 0.323 e. The SMILES string of the molecule is COc1ccc(/C=C/C(=O)N(C)CC(=O)O)cc1OC. The fraction of sp³-hybridized carbons (Fsp3) is 0.286. The van der Waals surface area contributed by atoms with Crippen LogP contribution in [0.1, 0.15) is 5.56 Å². The molecule has 0 aromatic heterocycles. The largest absolute Gasteiger partial charge is 0.493 e. The Morgan fingerprint density at radius 3 is 2.45 bits per heavy atom. The molecule has 0 radical (unpaired) electrons. The minimum atomic E-state index is -1.06. The number of hydrogen-bond acceptors (Lipinski definition) is 4. The second-order valence-electron chi connectivity index (χ2n) is 4.04. The first-order chi connectivity index (χ1) is 9.47. The van der Waals surface area contributed by atoms with Gasteiger partial charge in [0, 0.05) is 13.1 Å². The quantitative estimate of drug-likeness (QED) is 0.793. The van der Waals surface area contributed by atoms with Gasteiger partial charge in [-0.2, -0.15) is 0 Å². The van der Waals surface area contributed by atoms with Crippen LogP contribution < -0.4 is 9.47 Å². The number of methoxy groups -OCH3 is 2. The van der Waals surface area contributed by atoms with Gasteiger partial charge in [-0.05, 0) is 23.8 Å². The summed E-state index contributed by atoms with van der Waals surface area (Å²) in [4.78, 5) is 23.3.